The number of aromatic nitrogens is 1. The van der Waals surface area contributed by atoms with Crippen molar-refractivity contribution < 1.29 is 24.2 Å². The van der Waals surface area contributed by atoms with Crippen molar-refractivity contribution in [1.82, 2.24) is 4.57 Å². The highest BCUT2D eigenvalue weighted by atomic mass is 16.5. The third kappa shape index (κ3) is 3.29. The summed E-state index contributed by atoms with van der Waals surface area (Å²) >= 11 is 0. The van der Waals surface area contributed by atoms with Crippen molar-refractivity contribution in [2.75, 3.05) is 13.7 Å². The summed E-state index contributed by atoms with van der Waals surface area (Å²) in [6.07, 6.45) is 1.35. The van der Waals surface area contributed by atoms with Crippen molar-refractivity contribution >= 4 is 22.8 Å². The van der Waals surface area contributed by atoms with E-state index in [1.54, 1.807) is 13.2 Å². The number of methoxy groups -OCH3 is 1. The maximum atomic E-state index is 12.1. The molecule has 0 radical (unpaired) electrons. The molecular formula is C22H22N2O5. The van der Waals surface area contributed by atoms with Gasteiger partial charge in [-0.2, -0.15) is 0 Å². The molecule has 3 N–H and O–H groups in total. The maximum Gasteiger partial charge on any atom is 0.341 e. The van der Waals surface area contributed by atoms with Crippen LogP contribution in [0.1, 0.15) is 29.2 Å². The average Bonchev–Trinajstić information content (AvgIpc) is 3.26. The van der Waals surface area contributed by atoms with Crippen LogP contribution in [-0.2, 0) is 22.6 Å². The Kier molecular flexibility index (Phi) is 4.88. The second-order valence-corrected chi connectivity index (χ2v) is 7.08. The smallest absolute Gasteiger partial charge is 0.341 e. The summed E-state index contributed by atoms with van der Waals surface area (Å²) in [6.45, 7) is 0.108. The fraction of sp³-hybridized carbons (Fsp3) is 0.273. The standard InChI is InChI=1S/C22H22N2O5/c1-28-17-7-3-2-5-13(17)11-24-15-6-4-8-18(29-12-19(25)26)21(15)20-14(22(23)27)9-10-16(20)24/h2-8,14H,9-12H2,1H3,(H2,23,27)(H,25,26). The Bertz CT molecular complexity index is 1100. The number of amides is 1. The minimum atomic E-state index is -1.06. The van der Waals surface area contributed by atoms with Crippen LogP contribution in [0.25, 0.3) is 10.9 Å². The third-order valence-corrected chi connectivity index (χ3v) is 5.43. The van der Waals surface area contributed by atoms with E-state index in [2.05, 4.69) is 4.57 Å². The van der Waals surface area contributed by atoms with Gasteiger partial charge in [-0.05, 0) is 36.6 Å². The number of carboxylic acid groups (broad SMARTS) is 1. The molecule has 2 aromatic carbocycles. The van der Waals surface area contributed by atoms with E-state index in [1.165, 1.54) is 0 Å². The molecule has 0 spiro atoms. The predicted octanol–water partition coefficient (Wildman–Crippen LogP) is 2.68. The minimum Gasteiger partial charge on any atom is -0.496 e. The van der Waals surface area contributed by atoms with Crippen LogP contribution in [0, 0.1) is 0 Å². The Morgan fingerprint density at radius 1 is 1.17 bits per heavy atom. The van der Waals surface area contributed by atoms with E-state index < -0.39 is 18.5 Å². The molecule has 7 heteroatoms. The van der Waals surface area contributed by atoms with Crippen LogP contribution in [0.5, 0.6) is 11.5 Å². The summed E-state index contributed by atoms with van der Waals surface area (Å²) in [4.78, 5) is 23.1. The van der Waals surface area contributed by atoms with Crippen molar-refractivity contribution in [3.05, 3.63) is 59.3 Å². The molecule has 1 atom stereocenters. The first-order chi connectivity index (χ1) is 14.0. The van der Waals surface area contributed by atoms with E-state index >= 15 is 0 Å². The zero-order valence-corrected chi connectivity index (χ0v) is 16.1. The van der Waals surface area contributed by atoms with Gasteiger partial charge < -0.3 is 24.9 Å². The van der Waals surface area contributed by atoms with E-state index in [4.69, 9.17) is 20.3 Å². The predicted molar refractivity (Wildman–Crippen MR) is 107 cm³/mol. The lowest BCUT2D eigenvalue weighted by Crippen LogP contribution is -2.19. The summed E-state index contributed by atoms with van der Waals surface area (Å²) < 4.78 is 13.2. The zero-order chi connectivity index (χ0) is 20.5. The lowest BCUT2D eigenvalue weighted by molar-refractivity contribution is -0.139. The lowest BCUT2D eigenvalue weighted by Gasteiger charge is -2.13. The molecule has 0 saturated heterocycles. The summed E-state index contributed by atoms with van der Waals surface area (Å²) in [6, 6.07) is 13.3. The molecule has 1 aliphatic rings. The van der Waals surface area contributed by atoms with Gasteiger partial charge in [-0.3, -0.25) is 4.79 Å². The minimum absolute atomic E-state index is 0.381. The molecule has 29 heavy (non-hydrogen) atoms. The molecule has 7 nitrogen and oxygen atoms in total. The van der Waals surface area contributed by atoms with E-state index in [0.717, 1.165) is 33.5 Å². The van der Waals surface area contributed by atoms with Gasteiger partial charge in [-0.15, -0.1) is 0 Å². The molecule has 1 aliphatic carbocycles. The molecule has 0 fully saturated rings. The largest absolute Gasteiger partial charge is 0.496 e. The van der Waals surface area contributed by atoms with Crippen LogP contribution in [-0.4, -0.2) is 35.3 Å². The maximum absolute atomic E-state index is 12.1. The number of aliphatic carboxylic acids is 1. The van der Waals surface area contributed by atoms with Crippen LogP contribution in [0.3, 0.4) is 0 Å². The Morgan fingerprint density at radius 2 is 1.93 bits per heavy atom. The number of rotatable bonds is 7. The monoisotopic (exact) mass is 394 g/mol. The van der Waals surface area contributed by atoms with Crippen molar-refractivity contribution in [3.63, 3.8) is 0 Å². The molecule has 1 aromatic heterocycles. The van der Waals surface area contributed by atoms with Gasteiger partial charge in [-0.1, -0.05) is 24.3 Å². The van der Waals surface area contributed by atoms with E-state index in [1.807, 2.05) is 36.4 Å². The summed E-state index contributed by atoms with van der Waals surface area (Å²) in [5, 5.41) is 9.78. The highest BCUT2D eigenvalue weighted by molar-refractivity contribution is 5.97. The van der Waals surface area contributed by atoms with Gasteiger partial charge >= 0.3 is 5.97 Å². The molecule has 150 valence electrons. The SMILES string of the molecule is COc1ccccc1Cn1c2c(c3c(OCC(=O)O)cccc31)C(C(N)=O)CC2. The van der Waals surface area contributed by atoms with Crippen molar-refractivity contribution in [2.24, 2.45) is 5.73 Å². The lowest BCUT2D eigenvalue weighted by atomic mass is 9.99. The normalized spacial score (nSPS) is 15.3. The summed E-state index contributed by atoms with van der Waals surface area (Å²) in [7, 11) is 1.64. The summed E-state index contributed by atoms with van der Waals surface area (Å²) in [5.41, 5.74) is 9.45. The van der Waals surface area contributed by atoms with Crippen LogP contribution in [0.4, 0.5) is 0 Å². The van der Waals surface area contributed by atoms with Crippen LogP contribution < -0.4 is 15.2 Å². The second-order valence-electron chi connectivity index (χ2n) is 7.08. The average molecular weight is 394 g/mol. The number of hydrogen-bond donors (Lipinski definition) is 2. The van der Waals surface area contributed by atoms with Crippen LogP contribution >= 0.6 is 0 Å². The third-order valence-electron chi connectivity index (χ3n) is 5.43. The quantitative estimate of drug-likeness (QED) is 0.641. The van der Waals surface area contributed by atoms with Gasteiger partial charge in [-0.25, -0.2) is 4.79 Å². The van der Waals surface area contributed by atoms with Crippen molar-refractivity contribution in [3.8, 4) is 11.5 Å². The fourth-order valence-corrected chi connectivity index (χ4v) is 4.25. The van der Waals surface area contributed by atoms with Crippen LogP contribution in [0.15, 0.2) is 42.5 Å². The number of hydrogen-bond acceptors (Lipinski definition) is 4. The zero-order valence-electron chi connectivity index (χ0n) is 16.1. The fourth-order valence-electron chi connectivity index (χ4n) is 4.25. The number of benzene rings is 2. The molecule has 0 saturated carbocycles. The molecule has 4 rings (SSSR count). The van der Waals surface area contributed by atoms with E-state index in [0.29, 0.717) is 25.1 Å². The van der Waals surface area contributed by atoms with Gasteiger partial charge in [0.15, 0.2) is 6.61 Å². The number of carbonyl (C=O) groups excluding carboxylic acids is 1. The molecular weight excluding hydrogens is 372 g/mol. The van der Waals surface area contributed by atoms with Gasteiger partial charge in [0.25, 0.3) is 0 Å². The number of nitrogens with zero attached hydrogens (tertiary/aromatic N) is 1. The number of fused-ring (bicyclic) bond motifs is 3. The number of ether oxygens (including phenoxy) is 2. The topological polar surface area (TPSA) is 104 Å². The molecule has 1 unspecified atom stereocenters. The number of carboxylic acids is 1. The first-order valence-electron chi connectivity index (χ1n) is 9.41. The number of nitrogens with two attached hydrogens (primary N) is 1. The molecule has 1 heterocycles. The van der Waals surface area contributed by atoms with Gasteiger partial charge in [0.1, 0.15) is 11.5 Å². The number of carbonyl (C=O) groups is 2. The molecule has 0 bridgehead atoms. The van der Waals surface area contributed by atoms with E-state index in [9.17, 15) is 9.59 Å². The first kappa shape index (κ1) is 18.9. The molecule has 1 amide bonds. The highest BCUT2D eigenvalue weighted by Gasteiger charge is 2.34. The van der Waals surface area contributed by atoms with Gasteiger partial charge in [0, 0.05) is 16.6 Å². The van der Waals surface area contributed by atoms with Gasteiger partial charge in [0.05, 0.1) is 25.1 Å². The first-order valence-corrected chi connectivity index (χ1v) is 9.41. The van der Waals surface area contributed by atoms with Gasteiger partial charge in [0.2, 0.25) is 5.91 Å². The van der Waals surface area contributed by atoms with Crippen LogP contribution in [0.2, 0.25) is 0 Å². The Labute approximate surface area is 167 Å². The number of para-hydroxylation sites is 1. The van der Waals surface area contributed by atoms with Crippen molar-refractivity contribution in [2.45, 2.75) is 25.3 Å². The Hall–Kier alpha value is -3.48. The Morgan fingerprint density at radius 3 is 2.66 bits per heavy atom. The number of primary amides is 1. The summed E-state index contributed by atoms with van der Waals surface area (Å²) in [5.74, 6) is -0.619. The Balaban J connectivity index is 1.90. The van der Waals surface area contributed by atoms with E-state index in [-0.39, 0.29) is 5.91 Å². The highest BCUT2D eigenvalue weighted by Crippen LogP contribution is 2.44. The van der Waals surface area contributed by atoms with Crippen molar-refractivity contribution in [1.29, 1.82) is 0 Å². The molecule has 0 aliphatic heterocycles. The molecule has 3 aromatic rings. The second kappa shape index (κ2) is 7.50.